The van der Waals surface area contributed by atoms with Crippen LogP contribution in [0.5, 0.6) is 5.75 Å². The van der Waals surface area contributed by atoms with Gasteiger partial charge in [-0.3, -0.25) is 0 Å². The van der Waals surface area contributed by atoms with Gasteiger partial charge in [-0.2, -0.15) is 5.26 Å². The highest BCUT2D eigenvalue weighted by Crippen LogP contribution is 2.52. The van der Waals surface area contributed by atoms with Crippen LogP contribution in [0.15, 0.2) is 43.0 Å². The Hall–Kier alpha value is -3.19. The molecule has 2 N–H and O–H groups in total. The van der Waals surface area contributed by atoms with E-state index in [2.05, 4.69) is 33.8 Å². The van der Waals surface area contributed by atoms with Gasteiger partial charge in [0.2, 0.25) is 0 Å². The number of halogens is 3. The number of ether oxygens (including phenoxy) is 2. The van der Waals surface area contributed by atoms with E-state index in [0.29, 0.717) is 49.4 Å². The molecule has 1 aliphatic carbocycles. The third-order valence-corrected chi connectivity index (χ3v) is 6.13. The van der Waals surface area contributed by atoms with Crippen LogP contribution in [-0.2, 0) is 4.74 Å². The molecule has 1 aromatic heterocycles. The molecular weight excluding hydrogens is 447 g/mol. The number of anilines is 1. The van der Waals surface area contributed by atoms with E-state index in [4.69, 9.17) is 10.5 Å². The van der Waals surface area contributed by atoms with Crippen LogP contribution in [0.25, 0.3) is 5.57 Å². The zero-order chi connectivity index (χ0) is 24.9. The summed E-state index contributed by atoms with van der Waals surface area (Å²) in [7, 11) is 0. The molecule has 34 heavy (non-hydrogen) atoms. The molecule has 1 aromatic rings. The molecule has 1 saturated carbocycles. The van der Waals surface area contributed by atoms with Crippen molar-refractivity contribution >= 4 is 11.4 Å². The fourth-order valence-electron chi connectivity index (χ4n) is 3.82. The standard InChI is InChI=1S/C24H30F3N5O2/c1-4-19(20-13-21(22(29)30-14-20)34-24(25,26)27)15-32(18(3)23(16-28)6-7-23)8-5-17(2)31-9-11-33-12-10-31/h13-15H,2-12H2,1H3,(H2,29,30)/b19-15+. The molecule has 7 nitrogen and oxygen atoms in total. The van der Waals surface area contributed by atoms with Crippen molar-refractivity contribution in [1.29, 1.82) is 5.26 Å². The van der Waals surface area contributed by atoms with Crippen LogP contribution in [0.1, 0.15) is 38.2 Å². The Balaban J connectivity index is 1.86. The maximum atomic E-state index is 12.8. The second-order valence-corrected chi connectivity index (χ2v) is 8.41. The van der Waals surface area contributed by atoms with E-state index in [0.717, 1.165) is 31.6 Å². The molecule has 0 bridgehead atoms. The molecule has 0 atom stereocenters. The van der Waals surface area contributed by atoms with Crippen LogP contribution in [0.2, 0.25) is 0 Å². The Morgan fingerprint density at radius 3 is 2.62 bits per heavy atom. The summed E-state index contributed by atoms with van der Waals surface area (Å²) in [6, 6.07) is 3.60. The summed E-state index contributed by atoms with van der Waals surface area (Å²) in [5.74, 6) is -0.896. The van der Waals surface area contributed by atoms with E-state index >= 15 is 0 Å². The van der Waals surface area contributed by atoms with E-state index in [9.17, 15) is 18.4 Å². The third kappa shape index (κ3) is 6.23. The average Bonchev–Trinajstić information content (AvgIpc) is 3.61. The number of rotatable bonds is 10. The maximum Gasteiger partial charge on any atom is 0.573 e. The van der Waals surface area contributed by atoms with Gasteiger partial charge in [-0.25, -0.2) is 4.98 Å². The first-order valence-corrected chi connectivity index (χ1v) is 11.2. The van der Waals surface area contributed by atoms with Gasteiger partial charge in [0.1, 0.15) is 0 Å². The molecule has 10 heteroatoms. The average molecular weight is 478 g/mol. The van der Waals surface area contributed by atoms with Crippen LogP contribution in [-0.4, -0.2) is 54.0 Å². The Bertz CT molecular complexity index is 989. The van der Waals surface area contributed by atoms with Crippen LogP contribution in [0.3, 0.4) is 0 Å². The first-order chi connectivity index (χ1) is 16.1. The lowest BCUT2D eigenvalue weighted by Crippen LogP contribution is -2.36. The van der Waals surface area contributed by atoms with Gasteiger partial charge in [-0.15, -0.1) is 13.2 Å². The number of hydrogen-bond acceptors (Lipinski definition) is 7. The monoisotopic (exact) mass is 477 g/mol. The lowest BCUT2D eigenvalue weighted by atomic mass is 10.0. The van der Waals surface area contributed by atoms with Gasteiger partial charge in [-0.05, 0) is 30.9 Å². The molecule has 2 heterocycles. The van der Waals surface area contributed by atoms with Crippen molar-refractivity contribution in [3.05, 3.63) is 48.6 Å². The minimum atomic E-state index is -4.88. The summed E-state index contributed by atoms with van der Waals surface area (Å²) in [4.78, 5) is 7.98. The van der Waals surface area contributed by atoms with Crippen molar-refractivity contribution in [2.24, 2.45) is 5.41 Å². The number of nitrogen functional groups attached to an aromatic ring is 1. The van der Waals surface area contributed by atoms with E-state index < -0.39 is 17.5 Å². The molecule has 0 amide bonds. The zero-order valence-corrected chi connectivity index (χ0v) is 19.3. The number of morpholine rings is 1. The predicted molar refractivity (Wildman–Crippen MR) is 123 cm³/mol. The Morgan fingerprint density at radius 1 is 1.38 bits per heavy atom. The predicted octanol–water partition coefficient (Wildman–Crippen LogP) is 4.67. The van der Waals surface area contributed by atoms with Crippen LogP contribution < -0.4 is 10.5 Å². The lowest BCUT2D eigenvalue weighted by Gasteiger charge is -2.33. The molecule has 184 valence electrons. The highest BCUT2D eigenvalue weighted by Gasteiger charge is 2.47. The van der Waals surface area contributed by atoms with Crippen molar-refractivity contribution in [3.63, 3.8) is 0 Å². The number of hydrogen-bond donors (Lipinski definition) is 1. The van der Waals surface area contributed by atoms with Gasteiger partial charge in [0.15, 0.2) is 11.6 Å². The number of nitriles is 1. The minimum absolute atomic E-state index is 0.346. The fourth-order valence-corrected chi connectivity index (χ4v) is 3.82. The summed E-state index contributed by atoms with van der Waals surface area (Å²) >= 11 is 0. The molecule has 0 unspecified atom stereocenters. The summed E-state index contributed by atoms with van der Waals surface area (Å²) in [6.45, 7) is 13.7. The van der Waals surface area contributed by atoms with Gasteiger partial charge in [-0.1, -0.05) is 20.1 Å². The van der Waals surface area contributed by atoms with Crippen molar-refractivity contribution in [1.82, 2.24) is 14.8 Å². The zero-order valence-electron chi connectivity index (χ0n) is 19.3. The number of aromatic nitrogens is 1. The Morgan fingerprint density at radius 2 is 2.06 bits per heavy atom. The normalized spacial score (nSPS) is 17.6. The second-order valence-electron chi connectivity index (χ2n) is 8.41. The molecule has 2 fully saturated rings. The number of allylic oxidation sites excluding steroid dienone is 2. The van der Waals surface area contributed by atoms with E-state index in [-0.39, 0.29) is 5.82 Å². The number of pyridine rings is 1. The molecule has 0 aromatic carbocycles. The first-order valence-electron chi connectivity index (χ1n) is 11.2. The molecule has 2 aliphatic rings. The second kappa shape index (κ2) is 10.4. The van der Waals surface area contributed by atoms with Crippen molar-refractivity contribution in [2.45, 2.75) is 39.0 Å². The maximum absolute atomic E-state index is 12.8. The fraction of sp³-hybridized carbons (Fsp3) is 0.500. The van der Waals surface area contributed by atoms with Crippen molar-refractivity contribution in [3.8, 4) is 11.8 Å². The van der Waals surface area contributed by atoms with E-state index in [1.807, 2.05) is 18.0 Å². The number of alkyl halides is 3. The quantitative estimate of drug-likeness (QED) is 0.524. The Labute approximate surface area is 197 Å². The third-order valence-electron chi connectivity index (χ3n) is 6.13. The highest BCUT2D eigenvalue weighted by molar-refractivity contribution is 5.68. The van der Waals surface area contributed by atoms with Crippen LogP contribution in [0, 0.1) is 16.7 Å². The molecular formula is C24H30F3N5O2. The van der Waals surface area contributed by atoms with Crippen LogP contribution >= 0.6 is 0 Å². The summed E-state index contributed by atoms with van der Waals surface area (Å²) in [6.07, 6.45) is 0.962. The van der Waals surface area contributed by atoms with Crippen molar-refractivity contribution in [2.75, 3.05) is 38.6 Å². The highest BCUT2D eigenvalue weighted by atomic mass is 19.4. The minimum Gasteiger partial charge on any atom is -0.402 e. The summed E-state index contributed by atoms with van der Waals surface area (Å²) in [5.41, 5.74) is 7.77. The van der Waals surface area contributed by atoms with Gasteiger partial charge in [0, 0.05) is 55.4 Å². The van der Waals surface area contributed by atoms with E-state index in [1.165, 1.54) is 12.3 Å². The Kier molecular flexibility index (Phi) is 7.77. The van der Waals surface area contributed by atoms with Gasteiger partial charge in [0.25, 0.3) is 0 Å². The molecule has 1 aliphatic heterocycles. The summed E-state index contributed by atoms with van der Waals surface area (Å²) in [5, 5.41) is 9.70. The van der Waals surface area contributed by atoms with Crippen molar-refractivity contribution < 1.29 is 22.6 Å². The van der Waals surface area contributed by atoms with Crippen LogP contribution in [0.4, 0.5) is 19.0 Å². The van der Waals surface area contributed by atoms with E-state index in [1.54, 1.807) is 0 Å². The lowest BCUT2D eigenvalue weighted by molar-refractivity contribution is -0.274. The topological polar surface area (TPSA) is 87.6 Å². The van der Waals surface area contributed by atoms with Gasteiger partial charge in [0.05, 0.1) is 24.7 Å². The molecule has 1 saturated heterocycles. The number of nitrogens with two attached hydrogens (primary N) is 1. The molecule has 3 rings (SSSR count). The molecule has 0 spiro atoms. The largest absolute Gasteiger partial charge is 0.573 e. The smallest absolute Gasteiger partial charge is 0.402 e. The summed E-state index contributed by atoms with van der Waals surface area (Å²) < 4.78 is 47.7. The molecule has 0 radical (unpaired) electrons. The first kappa shape index (κ1) is 25.4. The number of nitrogens with zero attached hydrogens (tertiary/aromatic N) is 4. The van der Waals surface area contributed by atoms with Gasteiger partial charge >= 0.3 is 6.36 Å². The van der Waals surface area contributed by atoms with Gasteiger partial charge < -0.3 is 25.0 Å². The SMILES string of the molecule is C=C(CCN(/C=C(\CC)c1cnc(N)c(OC(F)(F)F)c1)C(=C)C1(C#N)CC1)N1CCOCC1.